The molecule has 0 spiro atoms. The lowest BCUT2D eigenvalue weighted by Gasteiger charge is -2.21. The van der Waals surface area contributed by atoms with Gasteiger partial charge in [0.15, 0.2) is 0 Å². The molecular weight excluding hydrogens is 256 g/mol. The van der Waals surface area contributed by atoms with Crippen molar-refractivity contribution in [2.45, 2.75) is 16.5 Å². The van der Waals surface area contributed by atoms with Crippen LogP contribution in [0.2, 0.25) is 0 Å². The monoisotopic (exact) mass is 274 g/mol. The summed E-state index contributed by atoms with van der Waals surface area (Å²) in [5.41, 5.74) is 1.46. The Kier molecular flexibility index (Phi) is 5.80. The van der Waals surface area contributed by atoms with Crippen LogP contribution in [0.25, 0.3) is 0 Å². The molecule has 0 saturated carbocycles. The third-order valence-corrected chi connectivity index (χ3v) is 5.02. The van der Waals surface area contributed by atoms with E-state index in [0.717, 1.165) is 6.61 Å². The van der Waals surface area contributed by atoms with Gasteiger partial charge >= 0.3 is 0 Å². The van der Waals surface area contributed by atoms with Gasteiger partial charge in [-0.15, -0.1) is 23.1 Å². The average Bonchev–Trinajstić information content (AvgIpc) is 2.82. The molecule has 2 heterocycles. The van der Waals surface area contributed by atoms with E-state index >= 15 is 0 Å². The summed E-state index contributed by atoms with van der Waals surface area (Å²) >= 11 is 3.80. The van der Waals surface area contributed by atoms with Gasteiger partial charge in [0.1, 0.15) is 6.79 Å². The number of methoxy groups -OCH3 is 1. The summed E-state index contributed by atoms with van der Waals surface area (Å²) in [7, 11) is 1.67. The number of rotatable bonds is 7. The highest BCUT2D eigenvalue weighted by atomic mass is 32.2. The van der Waals surface area contributed by atoms with Gasteiger partial charge in [0.25, 0.3) is 0 Å². The SMILES string of the molecule is COCCOCOCC1CCSc2sccc21. The molecule has 1 aromatic rings. The van der Waals surface area contributed by atoms with Gasteiger partial charge in [0.2, 0.25) is 0 Å². The first kappa shape index (κ1) is 13.4. The van der Waals surface area contributed by atoms with Crippen LogP contribution in [0, 0.1) is 0 Å². The largest absolute Gasteiger partial charge is 0.382 e. The highest BCUT2D eigenvalue weighted by molar-refractivity contribution is 8.01. The predicted octanol–water partition coefficient (Wildman–Crippen LogP) is 2.96. The predicted molar refractivity (Wildman–Crippen MR) is 71.0 cm³/mol. The van der Waals surface area contributed by atoms with Crippen molar-refractivity contribution in [3.8, 4) is 0 Å². The van der Waals surface area contributed by atoms with Gasteiger partial charge in [0, 0.05) is 13.0 Å². The van der Waals surface area contributed by atoms with Gasteiger partial charge in [-0.05, 0) is 29.2 Å². The Labute approximate surface area is 110 Å². The fourth-order valence-electron chi connectivity index (χ4n) is 1.80. The molecular formula is C12H18O3S2. The molecule has 0 bridgehead atoms. The zero-order chi connectivity index (χ0) is 11.9. The van der Waals surface area contributed by atoms with E-state index in [1.807, 2.05) is 23.1 Å². The molecule has 0 amide bonds. The number of hydrogen-bond acceptors (Lipinski definition) is 5. The van der Waals surface area contributed by atoms with E-state index in [4.69, 9.17) is 14.2 Å². The number of thiophene rings is 1. The molecule has 5 heteroatoms. The van der Waals surface area contributed by atoms with E-state index in [0.29, 0.717) is 25.9 Å². The number of ether oxygens (including phenoxy) is 3. The summed E-state index contributed by atoms with van der Waals surface area (Å²) in [5.74, 6) is 1.75. The second-order valence-electron chi connectivity index (χ2n) is 3.89. The molecule has 0 aliphatic carbocycles. The van der Waals surface area contributed by atoms with Gasteiger partial charge in [-0.2, -0.15) is 0 Å². The van der Waals surface area contributed by atoms with Crippen LogP contribution in [0.5, 0.6) is 0 Å². The van der Waals surface area contributed by atoms with Crippen LogP contribution in [0.3, 0.4) is 0 Å². The zero-order valence-electron chi connectivity index (χ0n) is 10.0. The van der Waals surface area contributed by atoms with E-state index in [9.17, 15) is 0 Å². The van der Waals surface area contributed by atoms with E-state index < -0.39 is 0 Å². The Morgan fingerprint density at radius 3 is 3.18 bits per heavy atom. The molecule has 3 nitrogen and oxygen atoms in total. The Balaban J connectivity index is 1.67. The molecule has 1 atom stereocenters. The fraction of sp³-hybridized carbons (Fsp3) is 0.667. The van der Waals surface area contributed by atoms with E-state index in [-0.39, 0.29) is 0 Å². The highest BCUT2D eigenvalue weighted by Crippen LogP contribution is 2.40. The highest BCUT2D eigenvalue weighted by Gasteiger charge is 2.21. The third kappa shape index (κ3) is 3.96. The van der Waals surface area contributed by atoms with Crippen molar-refractivity contribution in [2.24, 2.45) is 0 Å². The minimum absolute atomic E-state index is 0.368. The van der Waals surface area contributed by atoms with Crippen LogP contribution in [-0.2, 0) is 14.2 Å². The van der Waals surface area contributed by atoms with Crippen molar-refractivity contribution in [1.82, 2.24) is 0 Å². The maximum absolute atomic E-state index is 5.56. The molecule has 1 aromatic heterocycles. The molecule has 0 fully saturated rings. The molecule has 0 aromatic carbocycles. The summed E-state index contributed by atoms with van der Waals surface area (Å²) in [5, 5.41) is 2.17. The van der Waals surface area contributed by atoms with E-state index in [1.54, 1.807) is 7.11 Å². The first-order valence-corrected chi connectivity index (χ1v) is 7.63. The van der Waals surface area contributed by atoms with Crippen molar-refractivity contribution >= 4 is 23.1 Å². The van der Waals surface area contributed by atoms with Crippen molar-refractivity contribution in [1.29, 1.82) is 0 Å². The van der Waals surface area contributed by atoms with Crippen LogP contribution in [0.1, 0.15) is 17.9 Å². The van der Waals surface area contributed by atoms with Crippen LogP contribution >= 0.6 is 23.1 Å². The standard InChI is InChI=1S/C12H18O3S2/c1-13-4-5-14-9-15-8-10-2-6-16-12-11(10)3-7-17-12/h3,7,10H,2,4-6,8-9H2,1H3. The molecule has 17 heavy (non-hydrogen) atoms. The second kappa shape index (κ2) is 7.38. The van der Waals surface area contributed by atoms with Crippen molar-refractivity contribution in [3.63, 3.8) is 0 Å². The number of hydrogen-bond donors (Lipinski definition) is 0. The van der Waals surface area contributed by atoms with Crippen molar-refractivity contribution in [2.75, 3.05) is 39.5 Å². The molecule has 0 radical (unpaired) electrons. The maximum Gasteiger partial charge on any atom is 0.146 e. The van der Waals surface area contributed by atoms with Gasteiger partial charge in [0.05, 0.1) is 24.0 Å². The van der Waals surface area contributed by atoms with Crippen molar-refractivity contribution < 1.29 is 14.2 Å². The molecule has 0 saturated heterocycles. The first-order valence-electron chi connectivity index (χ1n) is 5.76. The number of fused-ring (bicyclic) bond motifs is 1. The summed E-state index contributed by atoms with van der Waals surface area (Å²) in [6, 6.07) is 2.23. The summed E-state index contributed by atoms with van der Waals surface area (Å²) < 4.78 is 17.2. The Hall–Kier alpha value is -0.0700. The maximum atomic E-state index is 5.56. The average molecular weight is 274 g/mol. The summed E-state index contributed by atoms with van der Waals surface area (Å²) in [6.07, 6.45) is 1.20. The molecule has 0 N–H and O–H groups in total. The van der Waals surface area contributed by atoms with Gasteiger partial charge < -0.3 is 14.2 Å². The second-order valence-corrected chi connectivity index (χ2v) is 6.17. The quantitative estimate of drug-likeness (QED) is 0.564. The van der Waals surface area contributed by atoms with Gasteiger partial charge in [-0.3, -0.25) is 0 Å². The lowest BCUT2D eigenvalue weighted by molar-refractivity contribution is -0.0696. The summed E-state index contributed by atoms with van der Waals surface area (Å²) in [6.45, 7) is 2.35. The lowest BCUT2D eigenvalue weighted by atomic mass is 10.0. The molecule has 1 aliphatic rings. The first-order chi connectivity index (χ1) is 8.42. The molecule has 1 unspecified atom stereocenters. The Morgan fingerprint density at radius 1 is 1.35 bits per heavy atom. The van der Waals surface area contributed by atoms with Crippen molar-refractivity contribution in [3.05, 3.63) is 17.0 Å². The minimum atomic E-state index is 0.368. The minimum Gasteiger partial charge on any atom is -0.382 e. The Morgan fingerprint density at radius 2 is 2.29 bits per heavy atom. The third-order valence-electron chi connectivity index (χ3n) is 2.72. The van der Waals surface area contributed by atoms with E-state index in [2.05, 4.69) is 11.4 Å². The van der Waals surface area contributed by atoms with Crippen LogP contribution < -0.4 is 0 Å². The van der Waals surface area contributed by atoms with Gasteiger partial charge in [-0.1, -0.05) is 0 Å². The smallest absolute Gasteiger partial charge is 0.146 e. The molecule has 2 rings (SSSR count). The van der Waals surface area contributed by atoms with Crippen LogP contribution in [0.15, 0.2) is 15.7 Å². The zero-order valence-corrected chi connectivity index (χ0v) is 11.6. The molecule has 1 aliphatic heterocycles. The fourth-order valence-corrected chi connectivity index (χ4v) is 4.19. The van der Waals surface area contributed by atoms with Crippen LogP contribution in [-0.4, -0.2) is 39.5 Å². The van der Waals surface area contributed by atoms with Gasteiger partial charge in [-0.25, -0.2) is 0 Å². The topological polar surface area (TPSA) is 27.7 Å². The summed E-state index contributed by atoms with van der Waals surface area (Å²) in [4.78, 5) is 0. The van der Waals surface area contributed by atoms with E-state index in [1.165, 1.54) is 21.9 Å². The molecule has 96 valence electrons. The number of thioether (sulfide) groups is 1. The Bertz CT molecular complexity index is 327. The lowest BCUT2D eigenvalue weighted by Crippen LogP contribution is -2.14. The van der Waals surface area contributed by atoms with Crippen LogP contribution in [0.4, 0.5) is 0 Å². The normalized spacial score (nSPS) is 19.2.